The Bertz CT molecular complexity index is 517. The Morgan fingerprint density at radius 2 is 1.95 bits per heavy atom. The van der Waals surface area contributed by atoms with Crippen LogP contribution in [-0.2, 0) is 4.79 Å². The molecule has 1 saturated carbocycles. The maximum atomic E-state index is 12.2. The van der Waals surface area contributed by atoms with Crippen LogP contribution in [0.3, 0.4) is 0 Å². The van der Waals surface area contributed by atoms with Crippen molar-refractivity contribution in [2.75, 3.05) is 0 Å². The molecule has 1 amide bonds. The second kappa shape index (κ2) is 5.85. The van der Waals surface area contributed by atoms with E-state index < -0.39 is 24.5 Å². The Balaban J connectivity index is 2.14. The molecule has 1 aromatic carbocycles. The number of alkyl halides is 2. The van der Waals surface area contributed by atoms with Crippen molar-refractivity contribution in [1.29, 1.82) is 0 Å². The van der Waals surface area contributed by atoms with Crippen molar-refractivity contribution in [2.24, 2.45) is 5.92 Å². The minimum absolute atomic E-state index is 0.0976. The van der Waals surface area contributed by atoms with Gasteiger partial charge in [0.15, 0.2) is 0 Å². The van der Waals surface area contributed by atoms with Gasteiger partial charge in [0, 0.05) is 0 Å². The Morgan fingerprint density at radius 3 is 2.50 bits per heavy atom. The number of para-hydroxylation sites is 1. The van der Waals surface area contributed by atoms with Crippen LogP contribution in [0.2, 0.25) is 0 Å². The van der Waals surface area contributed by atoms with E-state index in [1.165, 1.54) is 24.3 Å². The van der Waals surface area contributed by atoms with Gasteiger partial charge in [-0.15, -0.1) is 0 Å². The second-order valence-corrected chi connectivity index (χ2v) is 4.50. The highest BCUT2D eigenvalue weighted by Crippen LogP contribution is 2.33. The van der Waals surface area contributed by atoms with E-state index in [9.17, 15) is 18.4 Å². The standard InChI is InChI=1S/C13H13F2NO4/c14-13(15)20-9-4-2-1-3-8(9)11(17)16-10(12(18)19)7-5-6-7/h1-4,7,10,13H,5-6H2,(H,16,17)(H,18,19). The lowest BCUT2D eigenvalue weighted by atomic mass is 10.1. The number of nitrogens with one attached hydrogen (secondary N) is 1. The summed E-state index contributed by atoms with van der Waals surface area (Å²) in [5.41, 5.74) is -0.111. The summed E-state index contributed by atoms with van der Waals surface area (Å²) in [6.45, 7) is -3.05. The zero-order valence-electron chi connectivity index (χ0n) is 10.4. The van der Waals surface area contributed by atoms with Gasteiger partial charge < -0.3 is 15.2 Å². The lowest BCUT2D eigenvalue weighted by Crippen LogP contribution is -2.42. The number of halogens is 2. The van der Waals surface area contributed by atoms with Gasteiger partial charge >= 0.3 is 12.6 Å². The number of carbonyl (C=O) groups is 2. The van der Waals surface area contributed by atoms with Crippen molar-refractivity contribution in [2.45, 2.75) is 25.5 Å². The summed E-state index contributed by atoms with van der Waals surface area (Å²) >= 11 is 0. The number of benzene rings is 1. The first-order valence-corrected chi connectivity index (χ1v) is 6.06. The van der Waals surface area contributed by atoms with Gasteiger partial charge in [0.25, 0.3) is 5.91 Å². The average Bonchev–Trinajstić information content (AvgIpc) is 3.19. The summed E-state index contributed by atoms with van der Waals surface area (Å²) in [6, 6.07) is 4.47. The van der Waals surface area contributed by atoms with E-state index in [0.29, 0.717) is 0 Å². The highest BCUT2D eigenvalue weighted by atomic mass is 19.3. The van der Waals surface area contributed by atoms with Gasteiger partial charge in [-0.25, -0.2) is 4.79 Å². The molecule has 20 heavy (non-hydrogen) atoms. The number of hydrogen-bond acceptors (Lipinski definition) is 3. The zero-order chi connectivity index (χ0) is 14.7. The van der Waals surface area contributed by atoms with E-state index in [1.807, 2.05) is 0 Å². The molecule has 1 aromatic rings. The van der Waals surface area contributed by atoms with Crippen molar-refractivity contribution in [1.82, 2.24) is 5.32 Å². The van der Waals surface area contributed by atoms with Crippen LogP contribution >= 0.6 is 0 Å². The SMILES string of the molecule is O=C(NC(C(=O)O)C1CC1)c1ccccc1OC(F)F. The van der Waals surface area contributed by atoms with Gasteiger partial charge in [-0.2, -0.15) is 8.78 Å². The molecule has 2 rings (SSSR count). The van der Waals surface area contributed by atoms with E-state index in [2.05, 4.69) is 10.1 Å². The van der Waals surface area contributed by atoms with Crippen LogP contribution in [0.25, 0.3) is 0 Å². The largest absolute Gasteiger partial charge is 0.480 e. The predicted molar refractivity (Wildman–Crippen MR) is 64.7 cm³/mol. The Morgan fingerprint density at radius 1 is 1.30 bits per heavy atom. The molecule has 7 heteroatoms. The van der Waals surface area contributed by atoms with Crippen molar-refractivity contribution < 1.29 is 28.2 Å². The Kier molecular flexibility index (Phi) is 4.16. The Labute approximate surface area is 113 Å². The lowest BCUT2D eigenvalue weighted by Gasteiger charge is -2.15. The topological polar surface area (TPSA) is 75.6 Å². The third-order valence-corrected chi connectivity index (χ3v) is 2.99. The summed E-state index contributed by atoms with van der Waals surface area (Å²) in [5, 5.41) is 11.4. The minimum atomic E-state index is -3.05. The van der Waals surface area contributed by atoms with Gasteiger partial charge in [-0.05, 0) is 30.9 Å². The third kappa shape index (κ3) is 3.43. The van der Waals surface area contributed by atoms with Crippen molar-refractivity contribution in [3.05, 3.63) is 29.8 Å². The number of rotatable bonds is 6. The van der Waals surface area contributed by atoms with E-state index >= 15 is 0 Å². The number of amides is 1. The van der Waals surface area contributed by atoms with Crippen LogP contribution in [0.5, 0.6) is 5.75 Å². The van der Waals surface area contributed by atoms with E-state index in [1.54, 1.807) is 0 Å². The van der Waals surface area contributed by atoms with Crippen LogP contribution in [0, 0.1) is 5.92 Å². The fraction of sp³-hybridized carbons (Fsp3) is 0.385. The molecule has 1 aliphatic rings. The fourth-order valence-electron chi connectivity index (χ4n) is 1.88. The number of carboxylic acids is 1. The maximum absolute atomic E-state index is 12.2. The van der Waals surface area contributed by atoms with Crippen LogP contribution in [0.15, 0.2) is 24.3 Å². The first kappa shape index (κ1) is 14.2. The minimum Gasteiger partial charge on any atom is -0.480 e. The molecule has 0 bridgehead atoms. The van der Waals surface area contributed by atoms with E-state index in [0.717, 1.165) is 12.8 Å². The van der Waals surface area contributed by atoms with Crippen LogP contribution in [0.1, 0.15) is 23.2 Å². The molecule has 0 saturated heterocycles. The highest BCUT2D eigenvalue weighted by Gasteiger charge is 2.37. The lowest BCUT2D eigenvalue weighted by molar-refractivity contribution is -0.139. The quantitative estimate of drug-likeness (QED) is 0.836. The molecule has 0 spiro atoms. The number of ether oxygens (including phenoxy) is 1. The third-order valence-electron chi connectivity index (χ3n) is 2.99. The monoisotopic (exact) mass is 285 g/mol. The molecular weight excluding hydrogens is 272 g/mol. The van der Waals surface area contributed by atoms with Crippen LogP contribution < -0.4 is 10.1 Å². The maximum Gasteiger partial charge on any atom is 0.387 e. The molecule has 0 radical (unpaired) electrons. The van der Waals surface area contributed by atoms with E-state index in [4.69, 9.17) is 5.11 Å². The number of carboxylic acid groups (broad SMARTS) is 1. The van der Waals surface area contributed by atoms with Crippen molar-refractivity contribution in [3.8, 4) is 5.75 Å². The number of hydrogen-bond donors (Lipinski definition) is 2. The summed E-state index contributed by atoms with van der Waals surface area (Å²) in [4.78, 5) is 23.0. The molecule has 1 fully saturated rings. The normalized spacial score (nSPS) is 15.8. The zero-order valence-corrected chi connectivity index (χ0v) is 10.4. The molecule has 1 atom stereocenters. The van der Waals surface area contributed by atoms with Crippen LogP contribution in [0.4, 0.5) is 8.78 Å². The smallest absolute Gasteiger partial charge is 0.387 e. The van der Waals surface area contributed by atoms with Gasteiger partial charge in [0.05, 0.1) is 5.56 Å². The molecule has 1 unspecified atom stereocenters. The average molecular weight is 285 g/mol. The summed E-state index contributed by atoms with van der Waals surface area (Å²) in [6.07, 6.45) is 1.46. The van der Waals surface area contributed by atoms with Crippen LogP contribution in [-0.4, -0.2) is 29.6 Å². The molecule has 0 aromatic heterocycles. The predicted octanol–water partition coefficient (Wildman–Crippen LogP) is 1.88. The van der Waals surface area contributed by atoms with Gasteiger partial charge in [-0.1, -0.05) is 12.1 Å². The first-order valence-electron chi connectivity index (χ1n) is 6.06. The second-order valence-electron chi connectivity index (χ2n) is 4.50. The van der Waals surface area contributed by atoms with Gasteiger partial charge in [-0.3, -0.25) is 4.79 Å². The van der Waals surface area contributed by atoms with Gasteiger partial charge in [0.1, 0.15) is 11.8 Å². The first-order chi connectivity index (χ1) is 9.49. The molecule has 5 nitrogen and oxygen atoms in total. The highest BCUT2D eigenvalue weighted by molar-refractivity contribution is 5.99. The molecule has 0 aliphatic heterocycles. The fourth-order valence-corrected chi connectivity index (χ4v) is 1.88. The summed E-state index contributed by atoms with van der Waals surface area (Å²) in [7, 11) is 0. The molecule has 108 valence electrons. The molecule has 1 aliphatic carbocycles. The van der Waals surface area contributed by atoms with Gasteiger partial charge in [0.2, 0.25) is 0 Å². The molecule has 0 heterocycles. The number of carbonyl (C=O) groups excluding carboxylic acids is 1. The van der Waals surface area contributed by atoms with Crippen molar-refractivity contribution >= 4 is 11.9 Å². The molecule has 2 N–H and O–H groups in total. The van der Waals surface area contributed by atoms with E-state index in [-0.39, 0.29) is 17.2 Å². The number of aliphatic carboxylic acids is 1. The van der Waals surface area contributed by atoms with Crippen molar-refractivity contribution in [3.63, 3.8) is 0 Å². The summed E-state index contributed by atoms with van der Waals surface area (Å²) < 4.78 is 28.7. The summed E-state index contributed by atoms with van der Waals surface area (Å²) in [5.74, 6) is -2.24. The molecular formula is C13H13F2NO4. The Hall–Kier alpha value is -2.18.